The topological polar surface area (TPSA) is 76.6 Å². The van der Waals surface area contributed by atoms with E-state index in [-0.39, 0.29) is 18.7 Å². The number of amides is 1. The van der Waals surface area contributed by atoms with Gasteiger partial charge in [-0.3, -0.25) is 5.73 Å². The van der Waals surface area contributed by atoms with Gasteiger partial charge < -0.3 is 9.47 Å². The summed E-state index contributed by atoms with van der Waals surface area (Å²) in [5, 5.41) is 3.00. The highest BCUT2D eigenvalue weighted by Crippen LogP contribution is 2.37. The Kier molecular flexibility index (Phi) is 2.60. The molecular formula is C12H11ClN3O3+. The zero-order valence-corrected chi connectivity index (χ0v) is 10.8. The van der Waals surface area contributed by atoms with Crippen LogP contribution >= 0.6 is 11.6 Å². The second kappa shape index (κ2) is 4.17. The van der Waals surface area contributed by atoms with Gasteiger partial charge in [-0.2, -0.15) is 0 Å². The fraction of sp³-hybridized carbons (Fsp3) is 0.167. The van der Waals surface area contributed by atoms with Crippen LogP contribution in [0.25, 0.3) is 6.08 Å². The van der Waals surface area contributed by atoms with Crippen molar-refractivity contribution in [1.29, 1.82) is 0 Å². The van der Waals surface area contributed by atoms with Gasteiger partial charge in [-0.25, -0.2) is 14.7 Å². The van der Waals surface area contributed by atoms with Gasteiger partial charge in [-0.05, 0) is 12.1 Å². The number of hydrogen-bond acceptors (Lipinski definition) is 4. The molecular weight excluding hydrogens is 270 g/mol. The van der Waals surface area contributed by atoms with Crippen LogP contribution in [0.2, 0.25) is 5.02 Å². The van der Waals surface area contributed by atoms with Crippen molar-refractivity contribution in [2.75, 3.05) is 13.8 Å². The Balaban J connectivity index is 2.07. The highest BCUT2D eigenvalue weighted by molar-refractivity contribution is 6.32. The number of nitrogens with one attached hydrogen (secondary N) is 1. The number of fused-ring (bicyclic) bond motifs is 1. The van der Waals surface area contributed by atoms with Crippen molar-refractivity contribution in [2.24, 2.45) is 5.73 Å². The molecule has 0 aliphatic carbocycles. The second-order valence-corrected chi connectivity index (χ2v) is 4.56. The fourth-order valence-electron chi connectivity index (χ4n) is 1.90. The summed E-state index contributed by atoms with van der Waals surface area (Å²) in [4.78, 5) is 11.7. The summed E-state index contributed by atoms with van der Waals surface area (Å²) in [6.07, 6.45) is 1.65. The van der Waals surface area contributed by atoms with E-state index in [4.69, 9.17) is 26.8 Å². The predicted molar refractivity (Wildman–Crippen MR) is 69.1 cm³/mol. The molecule has 0 aromatic heterocycles. The Morgan fingerprint density at radius 2 is 2.11 bits per heavy atom. The van der Waals surface area contributed by atoms with Crippen LogP contribution in [-0.4, -0.2) is 30.3 Å². The molecule has 0 unspecified atom stereocenters. The van der Waals surface area contributed by atoms with Crippen molar-refractivity contribution >= 4 is 29.5 Å². The minimum Gasteiger partial charge on any atom is -0.454 e. The highest BCUT2D eigenvalue weighted by Gasteiger charge is 2.29. The highest BCUT2D eigenvalue weighted by atomic mass is 35.5. The van der Waals surface area contributed by atoms with Gasteiger partial charge in [0, 0.05) is 11.6 Å². The summed E-state index contributed by atoms with van der Waals surface area (Å²) in [7, 11) is 1.69. The van der Waals surface area contributed by atoms with Gasteiger partial charge in [0.1, 0.15) is 0 Å². The Morgan fingerprint density at radius 1 is 1.42 bits per heavy atom. The summed E-state index contributed by atoms with van der Waals surface area (Å²) < 4.78 is 12.1. The van der Waals surface area contributed by atoms with Crippen LogP contribution in [0.1, 0.15) is 5.56 Å². The first-order chi connectivity index (χ1) is 9.06. The Hall–Kier alpha value is -2.21. The first-order valence-electron chi connectivity index (χ1n) is 5.54. The molecule has 2 aliphatic heterocycles. The van der Waals surface area contributed by atoms with Crippen molar-refractivity contribution in [1.82, 2.24) is 5.32 Å². The lowest BCUT2D eigenvalue weighted by Gasteiger charge is -2.02. The predicted octanol–water partition coefficient (Wildman–Crippen LogP) is 0.496. The molecule has 2 heterocycles. The van der Waals surface area contributed by atoms with Gasteiger partial charge in [0.05, 0.1) is 12.1 Å². The minimum atomic E-state index is -0.270. The Labute approximate surface area is 114 Å². The number of halogens is 1. The van der Waals surface area contributed by atoms with E-state index in [0.717, 1.165) is 0 Å². The van der Waals surface area contributed by atoms with E-state index in [9.17, 15) is 4.79 Å². The smallest absolute Gasteiger partial charge is 0.356 e. The van der Waals surface area contributed by atoms with Crippen molar-refractivity contribution < 1.29 is 18.8 Å². The standard InChI is InChI=1S/C12H10ClN3O3/c1-16-8(11(17)15-12(16)14)2-6-3-9-10(4-7(6)13)19-5-18-9/h2-4H,5H2,1H3,(H2,14,15,17)/p+1/b8-2-. The molecule has 3 rings (SSSR count). The molecule has 3 N–H and O–H groups in total. The average Bonchev–Trinajstić information content (AvgIpc) is 2.89. The molecule has 19 heavy (non-hydrogen) atoms. The van der Waals surface area contributed by atoms with E-state index in [2.05, 4.69) is 5.32 Å². The Morgan fingerprint density at radius 3 is 2.74 bits per heavy atom. The van der Waals surface area contributed by atoms with Crippen molar-refractivity contribution in [3.8, 4) is 11.5 Å². The van der Waals surface area contributed by atoms with E-state index in [1.807, 2.05) is 0 Å². The van der Waals surface area contributed by atoms with Crippen LogP contribution in [0.4, 0.5) is 0 Å². The zero-order chi connectivity index (χ0) is 13.6. The molecule has 0 radical (unpaired) electrons. The third-order valence-electron chi connectivity index (χ3n) is 2.98. The van der Waals surface area contributed by atoms with Crippen LogP contribution in [0.15, 0.2) is 17.8 Å². The third kappa shape index (κ3) is 1.90. The van der Waals surface area contributed by atoms with Gasteiger partial charge in [0.15, 0.2) is 17.2 Å². The lowest BCUT2D eigenvalue weighted by Crippen LogP contribution is -2.32. The number of likely N-dealkylation sites (N-methyl/N-ethyl adjacent to an activating group) is 1. The molecule has 6 nitrogen and oxygen atoms in total. The summed E-state index contributed by atoms with van der Waals surface area (Å²) in [5.74, 6) is 1.22. The molecule has 0 saturated heterocycles. The molecule has 0 spiro atoms. The summed E-state index contributed by atoms with van der Waals surface area (Å²) in [5.41, 5.74) is 6.71. The van der Waals surface area contributed by atoms with E-state index >= 15 is 0 Å². The third-order valence-corrected chi connectivity index (χ3v) is 3.31. The number of hydrogen-bond donors (Lipinski definition) is 2. The van der Waals surface area contributed by atoms with Crippen LogP contribution in [0, 0.1) is 0 Å². The quantitative estimate of drug-likeness (QED) is 0.580. The molecule has 1 amide bonds. The first-order valence-corrected chi connectivity index (χ1v) is 5.92. The van der Waals surface area contributed by atoms with Gasteiger partial charge in [0.25, 0.3) is 0 Å². The maximum atomic E-state index is 11.7. The van der Waals surface area contributed by atoms with Crippen molar-refractivity contribution in [2.45, 2.75) is 0 Å². The Bertz CT molecular complexity index is 652. The van der Waals surface area contributed by atoms with Gasteiger partial charge in [0.2, 0.25) is 6.79 Å². The summed E-state index contributed by atoms with van der Waals surface area (Å²) >= 11 is 6.15. The SMILES string of the molecule is C[N+]1=C(N)NC(=O)/C1=C/c1cc2c(cc1Cl)OCO2. The molecule has 0 bridgehead atoms. The number of ether oxygens (including phenoxy) is 2. The number of carbonyl (C=O) groups is 1. The first kappa shape index (κ1) is 11.9. The van der Waals surface area contributed by atoms with Crippen LogP contribution in [-0.2, 0) is 4.79 Å². The van der Waals surface area contributed by atoms with E-state index in [1.165, 1.54) is 0 Å². The molecule has 0 atom stereocenters. The van der Waals surface area contributed by atoms with Crippen molar-refractivity contribution in [3.63, 3.8) is 0 Å². The number of nitrogens with zero attached hydrogens (tertiary/aromatic N) is 1. The number of nitrogens with two attached hydrogens (primary N) is 1. The maximum Gasteiger partial charge on any atom is 0.356 e. The van der Waals surface area contributed by atoms with Crippen LogP contribution in [0.5, 0.6) is 11.5 Å². The van der Waals surface area contributed by atoms with Gasteiger partial charge in [-0.15, -0.1) is 0 Å². The van der Waals surface area contributed by atoms with E-state index < -0.39 is 0 Å². The fourth-order valence-corrected chi connectivity index (χ4v) is 2.11. The number of carbonyl (C=O) groups excluding carboxylic acids is 1. The number of rotatable bonds is 1. The lowest BCUT2D eigenvalue weighted by atomic mass is 10.1. The monoisotopic (exact) mass is 280 g/mol. The average molecular weight is 281 g/mol. The lowest BCUT2D eigenvalue weighted by molar-refractivity contribution is -0.432. The molecule has 0 saturated carbocycles. The van der Waals surface area contributed by atoms with Crippen molar-refractivity contribution in [3.05, 3.63) is 28.4 Å². The molecule has 1 aromatic carbocycles. The van der Waals surface area contributed by atoms with Gasteiger partial charge in [-0.1, -0.05) is 11.6 Å². The van der Waals surface area contributed by atoms with Crippen LogP contribution in [0.3, 0.4) is 0 Å². The largest absolute Gasteiger partial charge is 0.454 e. The molecule has 7 heteroatoms. The number of guanidine groups is 1. The second-order valence-electron chi connectivity index (χ2n) is 4.15. The van der Waals surface area contributed by atoms with Crippen LogP contribution < -0.4 is 20.5 Å². The molecule has 2 aliphatic rings. The summed E-state index contributed by atoms with van der Waals surface area (Å²) in [6, 6.07) is 3.39. The summed E-state index contributed by atoms with van der Waals surface area (Å²) in [6.45, 7) is 0.173. The molecule has 1 aromatic rings. The van der Waals surface area contributed by atoms with E-state index in [1.54, 1.807) is 29.8 Å². The minimum absolute atomic E-state index is 0.173. The molecule has 0 fully saturated rings. The van der Waals surface area contributed by atoms with Gasteiger partial charge >= 0.3 is 11.9 Å². The maximum absolute atomic E-state index is 11.7. The van der Waals surface area contributed by atoms with E-state index in [0.29, 0.717) is 27.8 Å². The normalized spacial score (nSPS) is 19.3. The number of benzene rings is 1. The zero-order valence-electron chi connectivity index (χ0n) is 10.1. The molecule has 98 valence electrons.